The van der Waals surface area contributed by atoms with Crippen molar-refractivity contribution in [3.05, 3.63) is 65.2 Å². The van der Waals surface area contributed by atoms with Gasteiger partial charge in [-0.3, -0.25) is 14.7 Å². The summed E-state index contributed by atoms with van der Waals surface area (Å²) in [6.07, 6.45) is 5.87. The molecule has 0 saturated carbocycles. The van der Waals surface area contributed by atoms with E-state index < -0.39 is 0 Å². The number of benzene rings is 1. The monoisotopic (exact) mass is 355 g/mol. The first kappa shape index (κ1) is 18.5. The Kier molecular flexibility index (Phi) is 6.34. The highest BCUT2D eigenvalue weighted by molar-refractivity contribution is 5.83. The van der Waals surface area contributed by atoms with Gasteiger partial charge in [-0.05, 0) is 62.2 Å². The lowest BCUT2D eigenvalue weighted by Crippen LogP contribution is -2.43. The van der Waals surface area contributed by atoms with E-state index in [1.54, 1.807) is 18.3 Å². The number of likely N-dealkylation sites (tertiary alicyclic amines) is 1. The van der Waals surface area contributed by atoms with Crippen LogP contribution in [-0.4, -0.2) is 35.4 Å². The molecule has 2 heterocycles. The van der Waals surface area contributed by atoms with E-state index in [-0.39, 0.29) is 17.8 Å². The van der Waals surface area contributed by atoms with Crippen molar-refractivity contribution in [1.29, 1.82) is 0 Å². The molecule has 1 unspecified atom stereocenters. The van der Waals surface area contributed by atoms with Crippen molar-refractivity contribution in [3.63, 3.8) is 0 Å². The highest BCUT2D eigenvalue weighted by atomic mass is 19.1. The molecule has 1 saturated heterocycles. The summed E-state index contributed by atoms with van der Waals surface area (Å²) in [6.45, 7) is 4.37. The fraction of sp³-hybridized carbons (Fsp3) is 0.429. The van der Waals surface area contributed by atoms with Crippen molar-refractivity contribution >= 4 is 5.91 Å². The summed E-state index contributed by atoms with van der Waals surface area (Å²) in [5.41, 5.74) is 2.98. The molecule has 0 bridgehead atoms. The van der Waals surface area contributed by atoms with Gasteiger partial charge in [0.05, 0.1) is 0 Å². The van der Waals surface area contributed by atoms with Crippen LogP contribution in [0.25, 0.3) is 0 Å². The number of hydrogen-bond acceptors (Lipinski definition) is 3. The van der Waals surface area contributed by atoms with Crippen molar-refractivity contribution in [2.75, 3.05) is 19.6 Å². The topological polar surface area (TPSA) is 45.2 Å². The lowest BCUT2D eigenvalue weighted by molar-refractivity contribution is -0.127. The molecule has 1 atom stereocenters. The quantitative estimate of drug-likeness (QED) is 0.864. The van der Waals surface area contributed by atoms with Gasteiger partial charge in [-0.15, -0.1) is 0 Å². The second-order valence-electron chi connectivity index (χ2n) is 6.86. The van der Waals surface area contributed by atoms with Crippen LogP contribution in [0.1, 0.15) is 42.1 Å². The minimum absolute atomic E-state index is 0.0212. The first-order valence-corrected chi connectivity index (χ1v) is 9.33. The van der Waals surface area contributed by atoms with Crippen LogP contribution in [0.2, 0.25) is 0 Å². The zero-order valence-electron chi connectivity index (χ0n) is 15.2. The summed E-state index contributed by atoms with van der Waals surface area (Å²) in [5.74, 6) is -0.302. The lowest BCUT2D eigenvalue weighted by Gasteiger charge is -2.34. The maximum atomic E-state index is 13.3. The predicted molar refractivity (Wildman–Crippen MR) is 100 cm³/mol. The van der Waals surface area contributed by atoms with Crippen LogP contribution in [0, 0.1) is 12.7 Å². The summed E-state index contributed by atoms with van der Waals surface area (Å²) in [4.78, 5) is 19.5. The predicted octanol–water partition coefficient (Wildman–Crippen LogP) is 3.42. The number of piperidine rings is 1. The van der Waals surface area contributed by atoms with Gasteiger partial charge >= 0.3 is 0 Å². The maximum Gasteiger partial charge on any atom is 0.241 e. The van der Waals surface area contributed by atoms with Gasteiger partial charge in [-0.25, -0.2) is 4.39 Å². The molecule has 0 aliphatic carbocycles. The third kappa shape index (κ3) is 4.67. The molecule has 0 radical (unpaired) electrons. The van der Waals surface area contributed by atoms with E-state index in [9.17, 15) is 9.18 Å². The normalized spacial score (nSPS) is 16.2. The van der Waals surface area contributed by atoms with Gasteiger partial charge in [-0.2, -0.15) is 0 Å². The van der Waals surface area contributed by atoms with Gasteiger partial charge in [-0.1, -0.05) is 24.6 Å². The first-order valence-electron chi connectivity index (χ1n) is 9.33. The van der Waals surface area contributed by atoms with E-state index in [2.05, 4.69) is 15.2 Å². The molecular formula is C21H26FN3O. The molecule has 1 aromatic heterocycles. The van der Waals surface area contributed by atoms with Gasteiger partial charge in [0.15, 0.2) is 0 Å². The molecule has 3 rings (SSSR count). The Balaban J connectivity index is 1.68. The number of aromatic nitrogens is 1. The lowest BCUT2D eigenvalue weighted by atomic mass is 10.0. The minimum atomic E-state index is -0.360. The Morgan fingerprint density at radius 3 is 2.62 bits per heavy atom. The van der Waals surface area contributed by atoms with E-state index in [0.717, 1.165) is 42.8 Å². The average Bonchev–Trinajstić information content (AvgIpc) is 2.66. The fourth-order valence-corrected chi connectivity index (χ4v) is 3.53. The van der Waals surface area contributed by atoms with Crippen LogP contribution in [0.15, 0.2) is 42.6 Å². The molecule has 1 aromatic carbocycles. The third-order valence-corrected chi connectivity index (χ3v) is 4.97. The van der Waals surface area contributed by atoms with E-state index >= 15 is 0 Å². The van der Waals surface area contributed by atoms with Crippen molar-refractivity contribution in [2.24, 2.45) is 0 Å². The number of hydrogen-bond donors (Lipinski definition) is 1. The Morgan fingerprint density at radius 1 is 1.19 bits per heavy atom. The second kappa shape index (κ2) is 8.90. The summed E-state index contributed by atoms with van der Waals surface area (Å²) in [7, 11) is 0. The van der Waals surface area contributed by atoms with Crippen molar-refractivity contribution in [2.45, 2.75) is 38.6 Å². The van der Waals surface area contributed by atoms with Crippen molar-refractivity contribution < 1.29 is 9.18 Å². The number of halogens is 1. The fourth-order valence-electron chi connectivity index (χ4n) is 3.53. The summed E-state index contributed by atoms with van der Waals surface area (Å²) in [6, 6.07) is 9.88. The largest absolute Gasteiger partial charge is 0.354 e. The molecule has 1 N–H and O–H groups in total. The molecule has 0 spiro atoms. The van der Waals surface area contributed by atoms with Crippen LogP contribution in [0.5, 0.6) is 0 Å². The number of carbonyl (C=O) groups excluding carboxylic acids is 1. The number of pyridine rings is 1. The van der Waals surface area contributed by atoms with Crippen LogP contribution in [0.3, 0.4) is 0 Å². The van der Waals surface area contributed by atoms with E-state index in [4.69, 9.17) is 0 Å². The Hall–Kier alpha value is -2.27. The van der Waals surface area contributed by atoms with Crippen molar-refractivity contribution in [3.8, 4) is 0 Å². The smallest absolute Gasteiger partial charge is 0.241 e. The Morgan fingerprint density at radius 2 is 1.92 bits per heavy atom. The molecule has 2 aromatic rings. The molecule has 138 valence electrons. The average molecular weight is 355 g/mol. The molecule has 1 aliphatic rings. The number of rotatable bonds is 6. The van der Waals surface area contributed by atoms with Crippen LogP contribution < -0.4 is 5.32 Å². The van der Waals surface area contributed by atoms with Crippen molar-refractivity contribution in [1.82, 2.24) is 15.2 Å². The number of amides is 1. The number of carbonyl (C=O) groups is 1. The van der Waals surface area contributed by atoms with Gasteiger partial charge < -0.3 is 5.32 Å². The second-order valence-corrected chi connectivity index (χ2v) is 6.86. The maximum absolute atomic E-state index is 13.3. The summed E-state index contributed by atoms with van der Waals surface area (Å²) >= 11 is 0. The van der Waals surface area contributed by atoms with E-state index in [0.29, 0.717) is 13.0 Å². The number of nitrogens with zero attached hydrogens (tertiary/aromatic N) is 2. The van der Waals surface area contributed by atoms with E-state index in [1.165, 1.54) is 18.6 Å². The van der Waals surface area contributed by atoms with Crippen LogP contribution >= 0.6 is 0 Å². The number of aryl methyl sites for hydroxylation is 1. The van der Waals surface area contributed by atoms with Gasteiger partial charge in [0.25, 0.3) is 0 Å². The third-order valence-electron chi connectivity index (χ3n) is 4.97. The standard InChI is InChI=1S/C21H26FN3O/c1-16-6-5-12-23-19(16)11-13-24-21(26)20(25-14-3-2-4-15-25)17-7-9-18(22)10-8-17/h5-10,12,20H,2-4,11,13-15H2,1H3,(H,24,26). The number of nitrogens with one attached hydrogen (secondary N) is 1. The highest BCUT2D eigenvalue weighted by Crippen LogP contribution is 2.25. The molecule has 4 nitrogen and oxygen atoms in total. The zero-order valence-corrected chi connectivity index (χ0v) is 15.2. The summed E-state index contributed by atoms with van der Waals surface area (Å²) < 4.78 is 13.3. The SMILES string of the molecule is Cc1cccnc1CCNC(=O)C(c1ccc(F)cc1)N1CCCCC1. The van der Waals surface area contributed by atoms with E-state index in [1.807, 2.05) is 19.1 Å². The molecule has 26 heavy (non-hydrogen) atoms. The van der Waals surface area contributed by atoms with Crippen LogP contribution in [-0.2, 0) is 11.2 Å². The highest BCUT2D eigenvalue weighted by Gasteiger charge is 2.28. The molecule has 1 amide bonds. The Bertz CT molecular complexity index is 726. The zero-order chi connectivity index (χ0) is 18.4. The molecule has 1 fully saturated rings. The van der Waals surface area contributed by atoms with Gasteiger partial charge in [0, 0.05) is 24.9 Å². The molecular weight excluding hydrogens is 329 g/mol. The van der Waals surface area contributed by atoms with Crippen LogP contribution in [0.4, 0.5) is 4.39 Å². The summed E-state index contributed by atoms with van der Waals surface area (Å²) in [5, 5.41) is 3.05. The molecule has 5 heteroatoms. The van der Waals surface area contributed by atoms with Gasteiger partial charge in [0.2, 0.25) is 5.91 Å². The first-order chi connectivity index (χ1) is 12.6. The molecule has 1 aliphatic heterocycles. The minimum Gasteiger partial charge on any atom is -0.354 e. The Labute approximate surface area is 154 Å². The van der Waals surface area contributed by atoms with Gasteiger partial charge in [0.1, 0.15) is 11.9 Å².